The van der Waals surface area contributed by atoms with Crippen LogP contribution >= 0.6 is 0 Å². The van der Waals surface area contributed by atoms with Gasteiger partial charge in [0.15, 0.2) is 5.60 Å². The molecular formula is C30H24O2. The van der Waals surface area contributed by atoms with Gasteiger partial charge in [-0.1, -0.05) is 91.0 Å². The fourth-order valence-corrected chi connectivity index (χ4v) is 4.05. The molecule has 0 saturated carbocycles. The van der Waals surface area contributed by atoms with Crippen LogP contribution in [0, 0.1) is 0 Å². The summed E-state index contributed by atoms with van der Waals surface area (Å²) in [7, 11) is 0. The van der Waals surface area contributed by atoms with Crippen molar-refractivity contribution >= 4 is 5.57 Å². The average Bonchev–Trinajstić information content (AvgIpc) is 2.86. The molecule has 2 nitrogen and oxygen atoms in total. The Balaban J connectivity index is 1.47. The Labute approximate surface area is 189 Å². The summed E-state index contributed by atoms with van der Waals surface area (Å²) in [5.74, 6) is 2.50. The van der Waals surface area contributed by atoms with Gasteiger partial charge in [-0.05, 0) is 59.2 Å². The van der Waals surface area contributed by atoms with Crippen molar-refractivity contribution in [3.8, 4) is 17.2 Å². The Morgan fingerprint density at radius 3 is 1.94 bits per heavy atom. The summed E-state index contributed by atoms with van der Waals surface area (Å²) < 4.78 is 12.7. The van der Waals surface area contributed by atoms with Crippen molar-refractivity contribution in [2.75, 3.05) is 0 Å². The molecule has 0 saturated heterocycles. The molecule has 32 heavy (non-hydrogen) atoms. The highest BCUT2D eigenvalue weighted by molar-refractivity contribution is 5.71. The van der Waals surface area contributed by atoms with Crippen LogP contribution in [0.5, 0.6) is 17.2 Å². The third-order valence-corrected chi connectivity index (χ3v) is 5.61. The van der Waals surface area contributed by atoms with Gasteiger partial charge in [0, 0.05) is 6.42 Å². The maximum absolute atomic E-state index is 6.65. The van der Waals surface area contributed by atoms with Gasteiger partial charge in [-0.2, -0.15) is 0 Å². The van der Waals surface area contributed by atoms with Crippen LogP contribution in [0.1, 0.15) is 17.5 Å². The van der Waals surface area contributed by atoms with E-state index in [1.54, 1.807) is 0 Å². The molecule has 1 unspecified atom stereocenters. The zero-order valence-electron chi connectivity index (χ0n) is 17.7. The first-order valence-electron chi connectivity index (χ1n) is 10.8. The maximum atomic E-state index is 6.65. The van der Waals surface area contributed by atoms with Crippen LogP contribution in [0.4, 0.5) is 0 Å². The summed E-state index contributed by atoms with van der Waals surface area (Å²) in [6, 6.07) is 38.5. The summed E-state index contributed by atoms with van der Waals surface area (Å²) >= 11 is 0. The monoisotopic (exact) mass is 416 g/mol. The molecule has 4 aromatic rings. The molecule has 1 aliphatic carbocycles. The van der Waals surface area contributed by atoms with Crippen LogP contribution in [0.2, 0.25) is 0 Å². The van der Waals surface area contributed by atoms with Crippen LogP contribution in [0.15, 0.2) is 133 Å². The molecule has 0 N–H and O–H groups in total. The van der Waals surface area contributed by atoms with E-state index in [0.29, 0.717) is 0 Å². The van der Waals surface area contributed by atoms with Crippen LogP contribution in [-0.2, 0) is 5.60 Å². The fraction of sp³-hybridized carbons (Fsp3) is 0.0667. The molecule has 0 bridgehead atoms. The van der Waals surface area contributed by atoms with E-state index < -0.39 is 5.60 Å². The van der Waals surface area contributed by atoms with Crippen molar-refractivity contribution in [1.82, 2.24) is 0 Å². The molecule has 4 aromatic carbocycles. The predicted octanol–water partition coefficient (Wildman–Crippen LogP) is 7.80. The third-order valence-electron chi connectivity index (χ3n) is 5.61. The Hall–Kier alpha value is -4.04. The SMILES string of the molecule is C1=CC(Oc2ccccc2)(c2ccccc2)CC(c2cccc(Oc3ccccc3)c2)=C1. The van der Waals surface area contributed by atoms with Crippen LogP contribution in [-0.4, -0.2) is 0 Å². The van der Waals surface area contributed by atoms with Crippen molar-refractivity contribution < 1.29 is 9.47 Å². The lowest BCUT2D eigenvalue weighted by Crippen LogP contribution is -2.32. The average molecular weight is 417 g/mol. The minimum atomic E-state index is -0.580. The van der Waals surface area contributed by atoms with Gasteiger partial charge >= 0.3 is 0 Å². The Bertz CT molecular complexity index is 1230. The fourth-order valence-electron chi connectivity index (χ4n) is 4.05. The number of allylic oxidation sites excluding steroid dienone is 2. The van der Waals surface area contributed by atoms with Crippen molar-refractivity contribution in [2.45, 2.75) is 12.0 Å². The van der Waals surface area contributed by atoms with Crippen LogP contribution in [0.25, 0.3) is 5.57 Å². The molecule has 5 rings (SSSR count). The third kappa shape index (κ3) is 4.35. The molecular weight excluding hydrogens is 392 g/mol. The van der Waals surface area contributed by atoms with Gasteiger partial charge in [-0.3, -0.25) is 0 Å². The maximum Gasteiger partial charge on any atom is 0.156 e. The van der Waals surface area contributed by atoms with Crippen molar-refractivity contribution in [3.05, 3.63) is 145 Å². The largest absolute Gasteiger partial charge is 0.478 e. The van der Waals surface area contributed by atoms with E-state index in [-0.39, 0.29) is 0 Å². The number of ether oxygens (including phenoxy) is 2. The van der Waals surface area contributed by atoms with E-state index in [4.69, 9.17) is 9.47 Å². The standard InChI is InChI=1S/C30H24O2/c1-4-14-26(15-5-1)30(32-28-18-8-3-9-19-28)21-11-13-25(23-30)24-12-10-20-29(22-24)31-27-16-6-2-7-17-27/h1-22H,23H2. The Kier molecular flexibility index (Phi) is 5.59. The van der Waals surface area contributed by atoms with E-state index in [9.17, 15) is 0 Å². The summed E-state index contributed by atoms with van der Waals surface area (Å²) in [6.45, 7) is 0. The molecule has 156 valence electrons. The summed E-state index contributed by atoms with van der Waals surface area (Å²) in [6.07, 6.45) is 7.14. The zero-order chi connectivity index (χ0) is 21.6. The highest BCUT2D eigenvalue weighted by Gasteiger charge is 2.35. The lowest BCUT2D eigenvalue weighted by Gasteiger charge is -2.35. The number of benzene rings is 4. The second-order valence-electron chi connectivity index (χ2n) is 7.84. The molecule has 1 atom stereocenters. The van der Waals surface area contributed by atoms with E-state index in [2.05, 4.69) is 54.6 Å². The summed E-state index contributed by atoms with van der Waals surface area (Å²) in [5, 5.41) is 0. The normalized spacial score (nSPS) is 17.4. The predicted molar refractivity (Wildman–Crippen MR) is 130 cm³/mol. The number of hydrogen-bond acceptors (Lipinski definition) is 2. The topological polar surface area (TPSA) is 18.5 Å². The van der Waals surface area contributed by atoms with E-state index >= 15 is 0 Å². The van der Waals surface area contributed by atoms with Gasteiger partial charge in [-0.15, -0.1) is 0 Å². The quantitative estimate of drug-likeness (QED) is 0.319. The van der Waals surface area contributed by atoms with Gasteiger partial charge in [0.05, 0.1) is 0 Å². The minimum Gasteiger partial charge on any atom is -0.478 e. The number of hydrogen-bond donors (Lipinski definition) is 0. The first-order valence-corrected chi connectivity index (χ1v) is 10.8. The minimum absolute atomic E-state index is 0.580. The second kappa shape index (κ2) is 8.99. The number of rotatable bonds is 6. The summed E-state index contributed by atoms with van der Waals surface area (Å²) in [5.41, 5.74) is 2.87. The van der Waals surface area contributed by atoms with Crippen LogP contribution < -0.4 is 9.47 Å². The molecule has 1 aliphatic rings. The zero-order valence-corrected chi connectivity index (χ0v) is 17.7. The van der Waals surface area contributed by atoms with Crippen molar-refractivity contribution in [1.29, 1.82) is 0 Å². The van der Waals surface area contributed by atoms with Crippen LogP contribution in [0.3, 0.4) is 0 Å². The van der Waals surface area contributed by atoms with E-state index in [0.717, 1.165) is 34.8 Å². The molecule has 0 radical (unpaired) electrons. The highest BCUT2D eigenvalue weighted by Crippen LogP contribution is 2.41. The summed E-state index contributed by atoms with van der Waals surface area (Å²) in [4.78, 5) is 0. The molecule has 0 fully saturated rings. The molecule has 2 heteroatoms. The second-order valence-corrected chi connectivity index (χ2v) is 7.84. The van der Waals surface area contributed by atoms with Gasteiger partial charge in [0.25, 0.3) is 0 Å². The molecule has 0 aromatic heterocycles. The van der Waals surface area contributed by atoms with Gasteiger partial charge in [-0.25, -0.2) is 0 Å². The molecule has 0 amide bonds. The van der Waals surface area contributed by atoms with Crippen molar-refractivity contribution in [2.24, 2.45) is 0 Å². The highest BCUT2D eigenvalue weighted by atomic mass is 16.5. The van der Waals surface area contributed by atoms with E-state index in [1.165, 1.54) is 5.57 Å². The van der Waals surface area contributed by atoms with Crippen molar-refractivity contribution in [3.63, 3.8) is 0 Å². The first kappa shape index (κ1) is 19.9. The van der Waals surface area contributed by atoms with Gasteiger partial charge in [0.2, 0.25) is 0 Å². The Morgan fingerprint density at radius 2 is 1.22 bits per heavy atom. The smallest absolute Gasteiger partial charge is 0.156 e. The lowest BCUT2D eigenvalue weighted by atomic mass is 9.81. The first-order chi connectivity index (χ1) is 15.8. The lowest BCUT2D eigenvalue weighted by molar-refractivity contribution is 0.124. The van der Waals surface area contributed by atoms with E-state index in [1.807, 2.05) is 78.9 Å². The molecule has 0 aliphatic heterocycles. The molecule has 0 heterocycles. The number of para-hydroxylation sites is 2. The molecule has 0 spiro atoms. The van der Waals surface area contributed by atoms with Gasteiger partial charge < -0.3 is 9.47 Å². The Morgan fingerprint density at radius 1 is 0.594 bits per heavy atom. The van der Waals surface area contributed by atoms with Gasteiger partial charge in [0.1, 0.15) is 17.2 Å².